The molecule has 0 saturated heterocycles. The number of hydrogen-bond donors (Lipinski definition) is 2. The number of carboxylic acid groups (broad SMARTS) is 1. The van der Waals surface area contributed by atoms with E-state index in [2.05, 4.69) is 12.0 Å². The summed E-state index contributed by atoms with van der Waals surface area (Å²) in [7, 11) is 0. The number of anilines is 1. The summed E-state index contributed by atoms with van der Waals surface area (Å²) >= 11 is 7.70. The number of fused-ring (bicyclic) bond motifs is 1. The quantitative estimate of drug-likeness (QED) is 0.435. The Morgan fingerprint density at radius 3 is 2.86 bits per heavy atom. The van der Waals surface area contributed by atoms with E-state index in [0.29, 0.717) is 10.8 Å². The van der Waals surface area contributed by atoms with Gasteiger partial charge in [-0.25, -0.2) is 4.79 Å². The molecule has 0 aliphatic heterocycles. The number of carboxylic acids is 1. The zero-order valence-corrected chi connectivity index (χ0v) is 17.2. The van der Waals surface area contributed by atoms with Gasteiger partial charge in [-0.3, -0.25) is 9.25 Å². The summed E-state index contributed by atoms with van der Waals surface area (Å²) in [5, 5.41) is 15.2. The van der Waals surface area contributed by atoms with Gasteiger partial charge in [0, 0.05) is 28.0 Å². The van der Waals surface area contributed by atoms with E-state index in [-0.39, 0.29) is 5.56 Å². The van der Waals surface area contributed by atoms with E-state index >= 15 is 0 Å². The highest BCUT2D eigenvalue weighted by Crippen LogP contribution is 2.42. The number of aryl methyl sites for hydroxylation is 1. The molecule has 0 aliphatic carbocycles. The van der Waals surface area contributed by atoms with E-state index in [1.807, 2.05) is 39.7 Å². The second-order valence-corrected chi connectivity index (χ2v) is 8.13. The number of rotatable bonds is 6. The third kappa shape index (κ3) is 3.71. The normalized spacial score (nSPS) is 11.2. The van der Waals surface area contributed by atoms with E-state index in [9.17, 15) is 9.90 Å². The van der Waals surface area contributed by atoms with Gasteiger partial charge in [-0.05, 0) is 36.8 Å². The summed E-state index contributed by atoms with van der Waals surface area (Å²) in [6.45, 7) is 2.92. The van der Waals surface area contributed by atoms with Crippen molar-refractivity contribution in [2.45, 2.75) is 29.7 Å². The number of nitrogen functional groups attached to an aromatic ring is 1. The number of aromatic carboxylic acids is 1. The minimum atomic E-state index is -0.960. The Bertz CT molecular complexity index is 1210. The highest BCUT2D eigenvalue weighted by Gasteiger charge is 2.19. The van der Waals surface area contributed by atoms with Gasteiger partial charge in [-0.2, -0.15) is 5.10 Å². The van der Waals surface area contributed by atoms with Crippen LogP contribution in [0.15, 0.2) is 64.6 Å². The number of halogens is 1. The van der Waals surface area contributed by atoms with Crippen molar-refractivity contribution in [2.75, 3.05) is 5.73 Å². The van der Waals surface area contributed by atoms with Gasteiger partial charge in [-0.15, -0.1) is 0 Å². The molecule has 148 valence electrons. The maximum Gasteiger partial charge on any atom is 0.335 e. The number of nitrogens with two attached hydrogens (primary N) is 1. The van der Waals surface area contributed by atoms with Crippen LogP contribution in [-0.4, -0.2) is 25.4 Å². The maximum absolute atomic E-state index is 11.3. The number of aromatic nitrogens is 3. The zero-order chi connectivity index (χ0) is 20.5. The largest absolute Gasteiger partial charge is 0.478 e. The van der Waals surface area contributed by atoms with Gasteiger partial charge in [0.05, 0.1) is 27.9 Å². The van der Waals surface area contributed by atoms with Crippen molar-refractivity contribution in [3.05, 3.63) is 65.4 Å². The first-order valence-electron chi connectivity index (χ1n) is 9.11. The fourth-order valence-corrected chi connectivity index (χ4v) is 4.48. The van der Waals surface area contributed by atoms with Crippen LogP contribution in [0.4, 0.5) is 5.82 Å². The van der Waals surface area contributed by atoms with Crippen molar-refractivity contribution in [2.24, 2.45) is 0 Å². The summed E-state index contributed by atoms with van der Waals surface area (Å²) in [5.41, 5.74) is 8.54. The average Bonchev–Trinajstić information content (AvgIpc) is 3.25. The van der Waals surface area contributed by atoms with Gasteiger partial charge in [0.25, 0.3) is 0 Å². The van der Waals surface area contributed by atoms with Crippen LogP contribution in [0.3, 0.4) is 0 Å². The third-order valence-electron chi connectivity index (χ3n) is 4.55. The van der Waals surface area contributed by atoms with E-state index in [1.54, 1.807) is 24.4 Å². The molecule has 0 radical (unpaired) electrons. The SMILES string of the molecule is CCCn1cc(-n2c(N)c(Sc3cccc(C(=O)O)c3)c3ccc(Cl)cc32)cn1. The second kappa shape index (κ2) is 7.85. The number of carbonyl (C=O) groups is 1. The predicted octanol–water partition coefficient (Wildman–Crippen LogP) is 5.32. The van der Waals surface area contributed by atoms with Crippen LogP contribution in [0.5, 0.6) is 0 Å². The molecule has 0 aliphatic rings. The lowest BCUT2D eigenvalue weighted by Gasteiger charge is -2.06. The number of benzene rings is 2. The summed E-state index contributed by atoms with van der Waals surface area (Å²) in [6.07, 6.45) is 4.72. The van der Waals surface area contributed by atoms with Crippen molar-refractivity contribution >= 4 is 46.1 Å². The second-order valence-electron chi connectivity index (χ2n) is 6.61. The fourth-order valence-electron chi connectivity index (χ4n) is 3.27. The molecule has 2 heterocycles. The standard InChI is InChI=1S/C21H19ClN4O2S/c1-2-8-25-12-15(11-24-25)26-18-10-14(22)6-7-17(18)19(20(26)23)29-16-5-3-4-13(9-16)21(27)28/h3-7,9-12H,2,8,23H2,1H3,(H,27,28). The Labute approximate surface area is 176 Å². The van der Waals surface area contributed by atoms with E-state index in [1.165, 1.54) is 11.8 Å². The molecule has 0 fully saturated rings. The Morgan fingerprint density at radius 2 is 2.10 bits per heavy atom. The minimum Gasteiger partial charge on any atom is -0.478 e. The smallest absolute Gasteiger partial charge is 0.335 e. The molecule has 0 amide bonds. The first-order chi connectivity index (χ1) is 14.0. The monoisotopic (exact) mass is 426 g/mol. The van der Waals surface area contributed by atoms with Crippen molar-refractivity contribution < 1.29 is 9.90 Å². The molecule has 4 aromatic rings. The molecule has 3 N–H and O–H groups in total. The molecular weight excluding hydrogens is 408 g/mol. The maximum atomic E-state index is 11.3. The Balaban J connectivity index is 1.85. The summed E-state index contributed by atoms with van der Waals surface area (Å²) in [4.78, 5) is 13.0. The van der Waals surface area contributed by atoms with Gasteiger partial charge >= 0.3 is 5.97 Å². The van der Waals surface area contributed by atoms with Crippen molar-refractivity contribution in [1.29, 1.82) is 0 Å². The van der Waals surface area contributed by atoms with Crippen LogP contribution in [0.1, 0.15) is 23.7 Å². The molecular formula is C21H19ClN4O2S. The first kappa shape index (κ1) is 19.4. The van der Waals surface area contributed by atoms with Crippen molar-refractivity contribution in [3.8, 4) is 5.69 Å². The molecule has 0 spiro atoms. The Hall–Kier alpha value is -2.90. The molecule has 2 aromatic carbocycles. The first-order valence-corrected chi connectivity index (χ1v) is 10.3. The zero-order valence-electron chi connectivity index (χ0n) is 15.7. The predicted molar refractivity (Wildman–Crippen MR) is 116 cm³/mol. The lowest BCUT2D eigenvalue weighted by molar-refractivity contribution is 0.0696. The van der Waals surface area contributed by atoms with E-state index < -0.39 is 5.97 Å². The molecule has 0 bridgehead atoms. The van der Waals surface area contributed by atoms with Gasteiger partial charge in [0.1, 0.15) is 5.82 Å². The third-order valence-corrected chi connectivity index (χ3v) is 5.91. The van der Waals surface area contributed by atoms with Gasteiger partial charge < -0.3 is 10.8 Å². The molecule has 29 heavy (non-hydrogen) atoms. The number of nitrogens with zero attached hydrogens (tertiary/aromatic N) is 3. The molecule has 6 nitrogen and oxygen atoms in total. The summed E-state index contributed by atoms with van der Waals surface area (Å²) < 4.78 is 3.82. The van der Waals surface area contributed by atoms with Crippen molar-refractivity contribution in [3.63, 3.8) is 0 Å². The topological polar surface area (TPSA) is 86.1 Å². The Morgan fingerprint density at radius 1 is 1.28 bits per heavy atom. The molecule has 8 heteroatoms. The lowest BCUT2D eigenvalue weighted by atomic mass is 10.2. The van der Waals surface area contributed by atoms with Crippen LogP contribution in [0, 0.1) is 0 Å². The van der Waals surface area contributed by atoms with Crippen LogP contribution in [0.2, 0.25) is 5.02 Å². The van der Waals surface area contributed by atoms with Crippen LogP contribution >= 0.6 is 23.4 Å². The highest BCUT2D eigenvalue weighted by atomic mass is 35.5. The van der Waals surface area contributed by atoms with Crippen LogP contribution < -0.4 is 5.73 Å². The summed E-state index contributed by atoms with van der Waals surface area (Å²) in [6, 6.07) is 12.5. The molecule has 2 aromatic heterocycles. The number of hydrogen-bond acceptors (Lipinski definition) is 4. The average molecular weight is 427 g/mol. The lowest BCUT2D eigenvalue weighted by Crippen LogP contribution is -2.00. The molecule has 4 rings (SSSR count). The van der Waals surface area contributed by atoms with Crippen LogP contribution in [-0.2, 0) is 6.54 Å². The summed E-state index contributed by atoms with van der Waals surface area (Å²) in [5.74, 6) is -0.401. The Kier molecular flexibility index (Phi) is 5.25. The van der Waals surface area contributed by atoms with Crippen LogP contribution in [0.25, 0.3) is 16.6 Å². The molecule has 0 saturated carbocycles. The van der Waals surface area contributed by atoms with Gasteiger partial charge in [0.15, 0.2) is 0 Å². The van der Waals surface area contributed by atoms with Gasteiger partial charge in [0.2, 0.25) is 0 Å². The van der Waals surface area contributed by atoms with Crippen molar-refractivity contribution in [1.82, 2.24) is 14.3 Å². The van der Waals surface area contributed by atoms with Gasteiger partial charge in [-0.1, -0.05) is 42.4 Å². The van der Waals surface area contributed by atoms with E-state index in [4.69, 9.17) is 17.3 Å². The molecule has 0 atom stereocenters. The fraction of sp³-hybridized carbons (Fsp3) is 0.143. The minimum absolute atomic E-state index is 0.237. The molecule has 0 unspecified atom stereocenters. The van der Waals surface area contributed by atoms with E-state index in [0.717, 1.165) is 39.3 Å². The highest BCUT2D eigenvalue weighted by molar-refractivity contribution is 7.99.